The van der Waals surface area contributed by atoms with Crippen LogP contribution in [0.3, 0.4) is 0 Å². The standard InChI is InChI=1S/C18H22N2O3S/c1-12-6-8-15(24(5,22)23)11-16(12)18(21)19-17-9-7-14(20(3)4)10-13(17)2/h6-11H,1-5H3,(H,19,21). The average Bonchev–Trinajstić information content (AvgIpc) is 2.48. The summed E-state index contributed by atoms with van der Waals surface area (Å²) in [5, 5.41) is 2.86. The smallest absolute Gasteiger partial charge is 0.255 e. The number of carbonyl (C=O) groups excluding carboxylic acids is 1. The highest BCUT2D eigenvalue weighted by Crippen LogP contribution is 2.23. The van der Waals surface area contributed by atoms with Gasteiger partial charge in [-0.05, 0) is 55.3 Å². The molecule has 0 saturated carbocycles. The monoisotopic (exact) mass is 346 g/mol. The SMILES string of the molecule is Cc1cc(N(C)C)ccc1NC(=O)c1cc(S(C)(=O)=O)ccc1C. The van der Waals surface area contributed by atoms with Gasteiger partial charge in [0.05, 0.1) is 4.90 Å². The van der Waals surface area contributed by atoms with Gasteiger partial charge in [0.2, 0.25) is 0 Å². The fraction of sp³-hybridized carbons (Fsp3) is 0.278. The Hall–Kier alpha value is -2.34. The van der Waals surface area contributed by atoms with Crippen molar-refractivity contribution in [3.63, 3.8) is 0 Å². The summed E-state index contributed by atoms with van der Waals surface area (Å²) in [5.41, 5.74) is 3.76. The van der Waals surface area contributed by atoms with Gasteiger partial charge in [0.25, 0.3) is 5.91 Å². The molecule has 2 aromatic carbocycles. The number of anilines is 2. The fourth-order valence-electron chi connectivity index (χ4n) is 2.33. The van der Waals surface area contributed by atoms with Crippen LogP contribution in [0.5, 0.6) is 0 Å². The van der Waals surface area contributed by atoms with E-state index in [1.54, 1.807) is 13.0 Å². The third-order valence-electron chi connectivity index (χ3n) is 3.86. The second-order valence-corrected chi connectivity index (χ2v) is 8.11. The van der Waals surface area contributed by atoms with E-state index in [0.29, 0.717) is 11.3 Å². The molecular weight excluding hydrogens is 324 g/mol. The largest absolute Gasteiger partial charge is 0.378 e. The molecule has 6 heteroatoms. The number of amides is 1. The molecule has 0 radical (unpaired) electrons. The summed E-state index contributed by atoms with van der Waals surface area (Å²) in [6, 6.07) is 10.3. The molecule has 1 N–H and O–H groups in total. The van der Waals surface area contributed by atoms with E-state index in [4.69, 9.17) is 0 Å². The minimum absolute atomic E-state index is 0.137. The van der Waals surface area contributed by atoms with Gasteiger partial charge in [0, 0.05) is 37.3 Å². The van der Waals surface area contributed by atoms with Crippen LogP contribution >= 0.6 is 0 Å². The number of hydrogen-bond acceptors (Lipinski definition) is 4. The number of aryl methyl sites for hydroxylation is 2. The Morgan fingerprint density at radius 3 is 2.21 bits per heavy atom. The van der Waals surface area contributed by atoms with Crippen LogP contribution in [0, 0.1) is 13.8 Å². The van der Waals surface area contributed by atoms with E-state index >= 15 is 0 Å². The number of nitrogens with one attached hydrogen (secondary N) is 1. The molecule has 0 aliphatic heterocycles. The third-order valence-corrected chi connectivity index (χ3v) is 4.97. The number of rotatable bonds is 4. The van der Waals surface area contributed by atoms with Crippen molar-refractivity contribution >= 4 is 27.1 Å². The minimum atomic E-state index is -3.36. The maximum Gasteiger partial charge on any atom is 0.255 e. The van der Waals surface area contributed by atoms with Gasteiger partial charge >= 0.3 is 0 Å². The summed E-state index contributed by atoms with van der Waals surface area (Å²) in [6.07, 6.45) is 1.13. The second kappa shape index (κ2) is 6.65. The summed E-state index contributed by atoms with van der Waals surface area (Å²) in [6.45, 7) is 3.70. The van der Waals surface area contributed by atoms with E-state index in [1.807, 2.05) is 44.1 Å². The van der Waals surface area contributed by atoms with Crippen molar-refractivity contribution in [2.45, 2.75) is 18.7 Å². The molecule has 0 bridgehead atoms. The summed E-state index contributed by atoms with van der Waals surface area (Å²) in [7, 11) is 0.546. The van der Waals surface area contributed by atoms with Gasteiger partial charge in [-0.2, -0.15) is 0 Å². The summed E-state index contributed by atoms with van der Waals surface area (Å²) >= 11 is 0. The van der Waals surface area contributed by atoms with Crippen LogP contribution in [0.1, 0.15) is 21.5 Å². The molecule has 24 heavy (non-hydrogen) atoms. The Balaban J connectivity index is 2.34. The predicted molar refractivity (Wildman–Crippen MR) is 97.7 cm³/mol. The van der Waals surface area contributed by atoms with Crippen molar-refractivity contribution in [3.8, 4) is 0 Å². The summed E-state index contributed by atoms with van der Waals surface area (Å²) < 4.78 is 23.4. The maximum atomic E-state index is 12.6. The number of nitrogens with zero attached hydrogens (tertiary/aromatic N) is 1. The van der Waals surface area contributed by atoms with Crippen LogP contribution in [0.15, 0.2) is 41.3 Å². The molecule has 2 rings (SSSR count). The molecule has 0 fully saturated rings. The number of carbonyl (C=O) groups is 1. The van der Waals surface area contributed by atoms with Crippen LogP contribution < -0.4 is 10.2 Å². The lowest BCUT2D eigenvalue weighted by atomic mass is 10.1. The zero-order chi connectivity index (χ0) is 18.1. The Morgan fingerprint density at radius 1 is 1.00 bits per heavy atom. The molecule has 0 aromatic heterocycles. The van der Waals surface area contributed by atoms with Crippen molar-refractivity contribution in [1.29, 1.82) is 0 Å². The molecule has 0 spiro atoms. The Kier molecular flexibility index (Phi) is 4.99. The molecule has 0 aliphatic carbocycles. The normalized spacial score (nSPS) is 11.2. The van der Waals surface area contributed by atoms with Gasteiger partial charge in [-0.25, -0.2) is 8.42 Å². The van der Waals surface area contributed by atoms with Crippen LogP contribution in [0.4, 0.5) is 11.4 Å². The summed E-state index contributed by atoms with van der Waals surface area (Å²) in [4.78, 5) is 14.7. The molecule has 0 atom stereocenters. The molecule has 0 unspecified atom stereocenters. The topological polar surface area (TPSA) is 66.5 Å². The predicted octanol–water partition coefficient (Wildman–Crippen LogP) is 3.03. The highest BCUT2D eigenvalue weighted by Gasteiger charge is 2.15. The zero-order valence-electron chi connectivity index (χ0n) is 14.5. The van der Waals surface area contributed by atoms with Gasteiger partial charge in [-0.15, -0.1) is 0 Å². The Morgan fingerprint density at radius 2 is 1.67 bits per heavy atom. The van der Waals surface area contributed by atoms with Gasteiger partial charge in [-0.3, -0.25) is 4.79 Å². The lowest BCUT2D eigenvalue weighted by Crippen LogP contribution is -2.15. The molecule has 0 heterocycles. The van der Waals surface area contributed by atoms with Gasteiger partial charge in [0.1, 0.15) is 0 Å². The van der Waals surface area contributed by atoms with E-state index < -0.39 is 9.84 Å². The first-order valence-electron chi connectivity index (χ1n) is 7.49. The van der Waals surface area contributed by atoms with Crippen molar-refractivity contribution in [2.24, 2.45) is 0 Å². The van der Waals surface area contributed by atoms with Crippen LogP contribution in [-0.4, -0.2) is 34.7 Å². The van der Waals surface area contributed by atoms with E-state index in [-0.39, 0.29) is 10.8 Å². The maximum absolute atomic E-state index is 12.6. The molecular formula is C18H22N2O3S. The van der Waals surface area contributed by atoms with Crippen LogP contribution in [0.2, 0.25) is 0 Å². The first-order valence-corrected chi connectivity index (χ1v) is 9.39. The second-order valence-electron chi connectivity index (χ2n) is 6.10. The summed E-state index contributed by atoms with van der Waals surface area (Å²) in [5.74, 6) is -0.321. The minimum Gasteiger partial charge on any atom is -0.378 e. The molecule has 0 aliphatic rings. The van der Waals surface area contributed by atoms with Gasteiger partial charge in [-0.1, -0.05) is 6.07 Å². The number of hydrogen-bond donors (Lipinski definition) is 1. The van der Waals surface area contributed by atoms with Crippen LogP contribution in [0.25, 0.3) is 0 Å². The lowest BCUT2D eigenvalue weighted by Gasteiger charge is -2.16. The molecule has 2 aromatic rings. The van der Waals surface area contributed by atoms with E-state index in [1.165, 1.54) is 12.1 Å². The zero-order valence-corrected chi connectivity index (χ0v) is 15.4. The van der Waals surface area contributed by atoms with E-state index in [0.717, 1.165) is 23.1 Å². The van der Waals surface area contributed by atoms with Gasteiger partial charge < -0.3 is 10.2 Å². The first-order chi connectivity index (χ1) is 11.1. The lowest BCUT2D eigenvalue weighted by molar-refractivity contribution is 0.102. The average molecular weight is 346 g/mol. The molecule has 1 amide bonds. The highest BCUT2D eigenvalue weighted by atomic mass is 32.2. The highest BCUT2D eigenvalue weighted by molar-refractivity contribution is 7.90. The number of benzene rings is 2. The third kappa shape index (κ3) is 3.94. The molecule has 0 saturated heterocycles. The van der Waals surface area contributed by atoms with Crippen LogP contribution in [-0.2, 0) is 9.84 Å². The Bertz CT molecular complexity index is 887. The Labute approximate surface area is 143 Å². The number of sulfone groups is 1. The van der Waals surface area contributed by atoms with E-state index in [2.05, 4.69) is 5.32 Å². The van der Waals surface area contributed by atoms with Crippen molar-refractivity contribution < 1.29 is 13.2 Å². The quantitative estimate of drug-likeness (QED) is 0.924. The van der Waals surface area contributed by atoms with E-state index in [9.17, 15) is 13.2 Å². The van der Waals surface area contributed by atoms with Crippen molar-refractivity contribution in [3.05, 3.63) is 53.1 Å². The van der Waals surface area contributed by atoms with Gasteiger partial charge in [0.15, 0.2) is 9.84 Å². The molecule has 5 nitrogen and oxygen atoms in total. The van der Waals surface area contributed by atoms with Crippen molar-refractivity contribution in [2.75, 3.05) is 30.6 Å². The fourth-order valence-corrected chi connectivity index (χ4v) is 2.98. The van der Waals surface area contributed by atoms with Crippen molar-refractivity contribution in [1.82, 2.24) is 0 Å². The molecule has 128 valence electrons. The first kappa shape index (κ1) is 18.0.